The van der Waals surface area contributed by atoms with Crippen molar-refractivity contribution in [2.45, 2.75) is 20.5 Å². The molecule has 106 valence electrons. The first-order valence-corrected chi connectivity index (χ1v) is 7.26. The van der Waals surface area contributed by atoms with Gasteiger partial charge >= 0.3 is 0 Å². The van der Waals surface area contributed by atoms with Gasteiger partial charge in [0.2, 0.25) is 5.88 Å². The lowest BCUT2D eigenvalue weighted by molar-refractivity contribution is 0.286. The molecule has 0 aliphatic rings. The number of aromatic nitrogens is 5. The molecule has 0 aliphatic carbocycles. The molecule has 0 bridgehead atoms. The van der Waals surface area contributed by atoms with Gasteiger partial charge in [-0.15, -0.1) is 16.4 Å². The van der Waals surface area contributed by atoms with E-state index in [4.69, 9.17) is 4.74 Å². The Bertz CT molecular complexity index is 744. The summed E-state index contributed by atoms with van der Waals surface area (Å²) in [4.78, 5) is 12.8. The van der Waals surface area contributed by atoms with E-state index in [0.717, 1.165) is 22.0 Å². The van der Waals surface area contributed by atoms with Gasteiger partial charge in [-0.3, -0.25) is 0 Å². The molecule has 0 radical (unpaired) electrons. The third kappa shape index (κ3) is 3.19. The van der Waals surface area contributed by atoms with Gasteiger partial charge < -0.3 is 4.74 Å². The smallest absolute Gasteiger partial charge is 0.234 e. The molecule has 7 heteroatoms. The first-order chi connectivity index (χ1) is 10.2. The number of hydrogen-bond donors (Lipinski definition) is 0. The Morgan fingerprint density at radius 2 is 1.95 bits per heavy atom. The van der Waals surface area contributed by atoms with Gasteiger partial charge in [0.15, 0.2) is 10.8 Å². The predicted molar refractivity (Wildman–Crippen MR) is 79.0 cm³/mol. The maximum Gasteiger partial charge on any atom is 0.234 e. The summed E-state index contributed by atoms with van der Waals surface area (Å²) in [5.74, 6) is 1.13. The van der Waals surface area contributed by atoms with Crippen LogP contribution in [0.4, 0.5) is 0 Å². The molecular formula is C14H13N5OS. The summed E-state index contributed by atoms with van der Waals surface area (Å²) in [6.45, 7) is 4.24. The Labute approximate surface area is 125 Å². The summed E-state index contributed by atoms with van der Waals surface area (Å²) in [5.41, 5.74) is 2.78. The molecular weight excluding hydrogens is 286 g/mol. The molecule has 0 fully saturated rings. The molecule has 3 aromatic rings. The van der Waals surface area contributed by atoms with Crippen molar-refractivity contribution in [1.82, 2.24) is 25.1 Å². The van der Waals surface area contributed by atoms with E-state index in [1.807, 2.05) is 25.3 Å². The van der Waals surface area contributed by atoms with E-state index in [1.54, 1.807) is 18.5 Å². The largest absolute Gasteiger partial charge is 0.470 e. The average Bonchev–Trinajstić information content (AvgIpc) is 2.98. The minimum atomic E-state index is 0.348. The van der Waals surface area contributed by atoms with Crippen molar-refractivity contribution in [3.05, 3.63) is 46.9 Å². The van der Waals surface area contributed by atoms with Crippen molar-refractivity contribution in [3.63, 3.8) is 0 Å². The van der Waals surface area contributed by atoms with Crippen molar-refractivity contribution in [1.29, 1.82) is 0 Å². The first-order valence-electron chi connectivity index (χ1n) is 6.38. The van der Waals surface area contributed by atoms with Crippen LogP contribution in [0.3, 0.4) is 0 Å². The second-order valence-corrected chi connectivity index (χ2v) is 5.31. The molecule has 3 aromatic heterocycles. The third-order valence-corrected chi connectivity index (χ3v) is 3.77. The van der Waals surface area contributed by atoms with Crippen molar-refractivity contribution in [2.75, 3.05) is 0 Å². The summed E-state index contributed by atoms with van der Waals surface area (Å²) >= 11 is 1.49. The van der Waals surface area contributed by atoms with Gasteiger partial charge in [-0.1, -0.05) is 0 Å². The summed E-state index contributed by atoms with van der Waals surface area (Å²) in [6, 6.07) is 3.65. The third-order valence-electron chi connectivity index (χ3n) is 2.89. The Morgan fingerprint density at radius 1 is 1.14 bits per heavy atom. The number of nitrogens with zero attached hydrogens (tertiary/aromatic N) is 5. The van der Waals surface area contributed by atoms with Gasteiger partial charge in [0.05, 0.1) is 11.4 Å². The fourth-order valence-corrected chi connectivity index (χ4v) is 2.37. The lowest BCUT2D eigenvalue weighted by Gasteiger charge is -2.04. The normalized spacial score (nSPS) is 10.6. The highest BCUT2D eigenvalue weighted by Gasteiger charge is 2.08. The number of thiazole rings is 1. The fraction of sp³-hybridized carbons (Fsp3) is 0.214. The maximum absolute atomic E-state index is 5.61. The number of hydrogen-bond acceptors (Lipinski definition) is 7. The van der Waals surface area contributed by atoms with Crippen molar-refractivity contribution >= 4 is 11.3 Å². The van der Waals surface area contributed by atoms with Gasteiger partial charge in [0.1, 0.15) is 6.61 Å². The monoisotopic (exact) mass is 299 g/mol. The van der Waals surface area contributed by atoms with Crippen LogP contribution < -0.4 is 4.74 Å². The van der Waals surface area contributed by atoms with Crippen LogP contribution in [0.1, 0.15) is 17.0 Å². The molecule has 0 saturated carbocycles. The first kappa shape index (κ1) is 13.6. The number of rotatable bonds is 4. The van der Waals surface area contributed by atoms with Crippen LogP contribution in [0.15, 0.2) is 29.9 Å². The van der Waals surface area contributed by atoms with Crippen molar-refractivity contribution in [3.8, 4) is 16.7 Å². The summed E-state index contributed by atoms with van der Waals surface area (Å²) < 4.78 is 5.61. The van der Waals surface area contributed by atoms with Crippen LogP contribution >= 0.6 is 11.3 Å². The molecule has 0 atom stereocenters. The maximum atomic E-state index is 5.61. The Balaban J connectivity index is 1.69. The van der Waals surface area contributed by atoms with E-state index in [0.29, 0.717) is 18.3 Å². The molecule has 21 heavy (non-hydrogen) atoms. The van der Waals surface area contributed by atoms with Gasteiger partial charge in [-0.05, 0) is 25.5 Å². The van der Waals surface area contributed by atoms with Crippen LogP contribution in [0, 0.1) is 13.8 Å². The van der Waals surface area contributed by atoms with Gasteiger partial charge in [-0.25, -0.2) is 15.0 Å². The molecule has 3 heterocycles. The predicted octanol–water partition coefficient (Wildman–Crippen LogP) is 2.59. The minimum Gasteiger partial charge on any atom is -0.470 e. The van der Waals surface area contributed by atoms with E-state index in [9.17, 15) is 0 Å². The lowest BCUT2D eigenvalue weighted by atomic mass is 10.2. The summed E-state index contributed by atoms with van der Waals surface area (Å²) in [5, 5.41) is 10.7. The van der Waals surface area contributed by atoms with Crippen LogP contribution in [0.5, 0.6) is 5.88 Å². The number of aryl methyl sites for hydroxylation is 2. The van der Waals surface area contributed by atoms with E-state index in [-0.39, 0.29) is 0 Å². The van der Waals surface area contributed by atoms with Gasteiger partial charge in [-0.2, -0.15) is 5.10 Å². The van der Waals surface area contributed by atoms with E-state index >= 15 is 0 Å². The molecule has 0 N–H and O–H groups in total. The van der Waals surface area contributed by atoms with Crippen molar-refractivity contribution < 1.29 is 4.74 Å². The molecule has 6 nitrogen and oxygen atoms in total. The van der Waals surface area contributed by atoms with E-state index < -0.39 is 0 Å². The van der Waals surface area contributed by atoms with Gasteiger partial charge in [0.25, 0.3) is 0 Å². The van der Waals surface area contributed by atoms with Crippen LogP contribution in [0.25, 0.3) is 10.8 Å². The topological polar surface area (TPSA) is 73.7 Å². The Morgan fingerprint density at radius 3 is 2.71 bits per heavy atom. The summed E-state index contributed by atoms with van der Waals surface area (Å²) in [6.07, 6.45) is 3.40. The highest BCUT2D eigenvalue weighted by molar-refractivity contribution is 7.13. The lowest BCUT2D eigenvalue weighted by Crippen LogP contribution is -2.00. The Kier molecular flexibility index (Phi) is 3.83. The van der Waals surface area contributed by atoms with Crippen LogP contribution in [-0.2, 0) is 6.61 Å². The molecule has 0 aliphatic heterocycles. The zero-order valence-electron chi connectivity index (χ0n) is 11.6. The molecule has 3 rings (SSSR count). The highest BCUT2D eigenvalue weighted by atomic mass is 32.1. The minimum absolute atomic E-state index is 0.348. The zero-order chi connectivity index (χ0) is 14.7. The molecule has 0 unspecified atom stereocenters. The average molecular weight is 299 g/mol. The second-order valence-electron chi connectivity index (χ2n) is 4.46. The fourth-order valence-electron chi connectivity index (χ4n) is 1.63. The molecule has 0 spiro atoms. The van der Waals surface area contributed by atoms with Gasteiger partial charge in [0, 0.05) is 23.8 Å². The van der Waals surface area contributed by atoms with Crippen molar-refractivity contribution in [2.24, 2.45) is 0 Å². The summed E-state index contributed by atoms with van der Waals surface area (Å²) in [7, 11) is 0. The highest BCUT2D eigenvalue weighted by Crippen LogP contribution is 2.20. The van der Waals surface area contributed by atoms with Crippen LogP contribution in [0.2, 0.25) is 0 Å². The molecule has 0 saturated heterocycles. The quantitative estimate of drug-likeness (QED) is 0.737. The molecule has 0 aromatic carbocycles. The number of ether oxygens (including phenoxy) is 1. The SMILES string of the molecule is Cc1cc(OCc2csc(-c3ncccn3)n2)nnc1C. The Hall–Kier alpha value is -2.41. The van der Waals surface area contributed by atoms with Crippen LogP contribution in [-0.4, -0.2) is 25.1 Å². The molecule has 0 amide bonds. The van der Waals surface area contributed by atoms with E-state index in [2.05, 4.69) is 25.1 Å². The standard InChI is InChI=1S/C14H13N5OS/c1-9-6-12(19-18-10(9)2)20-7-11-8-21-14(17-11)13-15-4-3-5-16-13/h3-6,8H,7H2,1-2H3. The second kappa shape index (κ2) is 5.92. The zero-order valence-corrected chi connectivity index (χ0v) is 12.5. The van der Waals surface area contributed by atoms with E-state index in [1.165, 1.54) is 11.3 Å².